The molecule has 2 aliphatic rings. The maximum Gasteiger partial charge on any atom is 0.153 e. The lowest BCUT2D eigenvalue weighted by Crippen LogP contribution is -2.44. The first kappa shape index (κ1) is 14.6. The smallest absolute Gasteiger partial charge is 0.153 e. The van der Waals surface area contributed by atoms with E-state index in [1.54, 1.807) is 6.20 Å². The van der Waals surface area contributed by atoms with Gasteiger partial charge in [-0.1, -0.05) is 6.08 Å². The molecule has 0 aromatic carbocycles. The molecule has 0 saturated carbocycles. The predicted molar refractivity (Wildman–Crippen MR) is 97.7 cm³/mol. The Morgan fingerprint density at radius 1 is 1.04 bits per heavy atom. The van der Waals surface area contributed by atoms with Gasteiger partial charge in [-0.3, -0.25) is 4.98 Å². The molecule has 126 valence electrons. The van der Waals surface area contributed by atoms with Crippen LogP contribution in [0, 0.1) is 0 Å². The van der Waals surface area contributed by atoms with Gasteiger partial charge >= 0.3 is 0 Å². The van der Waals surface area contributed by atoms with Crippen LogP contribution in [0.2, 0.25) is 0 Å². The third kappa shape index (κ3) is 2.49. The fourth-order valence-corrected chi connectivity index (χ4v) is 3.63. The van der Waals surface area contributed by atoms with Crippen LogP contribution in [0.25, 0.3) is 11.2 Å². The van der Waals surface area contributed by atoms with Gasteiger partial charge in [-0.25, -0.2) is 9.50 Å². The largest absolute Gasteiger partial charge is 0.368 e. The van der Waals surface area contributed by atoms with Crippen molar-refractivity contribution in [3.8, 4) is 0 Å². The van der Waals surface area contributed by atoms with Gasteiger partial charge in [0.1, 0.15) is 0 Å². The normalized spacial score (nSPS) is 17.8. The number of rotatable bonds is 2. The zero-order valence-electron chi connectivity index (χ0n) is 14.3. The molecule has 0 spiro atoms. The molecular weight excluding hydrogens is 312 g/mol. The number of pyridine rings is 1. The van der Waals surface area contributed by atoms with Crippen LogP contribution in [0.15, 0.2) is 42.9 Å². The van der Waals surface area contributed by atoms with Crippen LogP contribution in [0.1, 0.15) is 17.0 Å². The standard InChI is InChI=1S/C19H20N6/c1-23-8-10-24(11-9-23)14-12-16-15(2-3-17(16)21-13-14)18-4-5-19-20-6-7-25(19)22-18/h2,4-7,12-13H,3,8-11H2,1H3. The highest BCUT2D eigenvalue weighted by Gasteiger charge is 2.21. The summed E-state index contributed by atoms with van der Waals surface area (Å²) in [6.45, 7) is 4.29. The second kappa shape index (κ2) is 5.67. The zero-order chi connectivity index (χ0) is 16.8. The molecule has 1 aliphatic carbocycles. The van der Waals surface area contributed by atoms with Crippen LogP contribution in [-0.4, -0.2) is 57.7 Å². The quantitative estimate of drug-likeness (QED) is 0.717. The Hall–Kier alpha value is -2.73. The first-order valence-electron chi connectivity index (χ1n) is 8.72. The van der Waals surface area contributed by atoms with E-state index in [1.165, 1.54) is 16.8 Å². The van der Waals surface area contributed by atoms with Crippen molar-refractivity contribution in [2.75, 3.05) is 38.1 Å². The van der Waals surface area contributed by atoms with E-state index in [9.17, 15) is 0 Å². The molecule has 0 unspecified atom stereocenters. The van der Waals surface area contributed by atoms with Gasteiger partial charge < -0.3 is 9.80 Å². The maximum absolute atomic E-state index is 4.73. The summed E-state index contributed by atoms with van der Waals surface area (Å²) in [6.07, 6.45) is 8.78. The summed E-state index contributed by atoms with van der Waals surface area (Å²) in [5.41, 5.74) is 6.58. The molecule has 1 aliphatic heterocycles. The Morgan fingerprint density at radius 3 is 2.80 bits per heavy atom. The number of fused-ring (bicyclic) bond motifs is 2. The maximum atomic E-state index is 4.73. The lowest BCUT2D eigenvalue weighted by molar-refractivity contribution is 0.313. The number of piperazine rings is 1. The first-order valence-corrected chi connectivity index (χ1v) is 8.72. The molecular formula is C19H20N6. The van der Waals surface area contributed by atoms with Gasteiger partial charge in [0.05, 0.1) is 23.3 Å². The molecule has 1 saturated heterocycles. The van der Waals surface area contributed by atoms with Gasteiger partial charge in [0.15, 0.2) is 5.65 Å². The summed E-state index contributed by atoms with van der Waals surface area (Å²) in [6, 6.07) is 6.34. The van der Waals surface area contributed by atoms with Gasteiger partial charge in [-0.15, -0.1) is 0 Å². The number of likely N-dealkylation sites (N-methyl/N-ethyl adjacent to an activating group) is 1. The van der Waals surface area contributed by atoms with E-state index in [0.717, 1.165) is 49.6 Å². The number of aromatic nitrogens is 4. The number of nitrogens with zero attached hydrogens (tertiary/aromatic N) is 6. The number of allylic oxidation sites excluding steroid dienone is 1. The van der Waals surface area contributed by atoms with Crippen molar-refractivity contribution >= 4 is 16.9 Å². The molecule has 6 nitrogen and oxygen atoms in total. The van der Waals surface area contributed by atoms with Gasteiger partial charge in [0.25, 0.3) is 0 Å². The minimum absolute atomic E-state index is 0.867. The zero-order valence-corrected chi connectivity index (χ0v) is 14.3. The first-order chi connectivity index (χ1) is 12.3. The Bertz CT molecular complexity index is 965. The Labute approximate surface area is 146 Å². The SMILES string of the molecule is CN1CCN(c2cnc3c(c2)C(c2ccc4nccn4n2)=CC3)CC1. The van der Waals surface area contributed by atoms with Crippen LogP contribution in [-0.2, 0) is 6.42 Å². The van der Waals surface area contributed by atoms with Gasteiger partial charge in [0.2, 0.25) is 0 Å². The Balaban J connectivity index is 1.50. The van der Waals surface area contributed by atoms with Crippen molar-refractivity contribution in [2.24, 2.45) is 0 Å². The van der Waals surface area contributed by atoms with Crippen molar-refractivity contribution in [1.29, 1.82) is 0 Å². The summed E-state index contributed by atoms with van der Waals surface area (Å²) < 4.78 is 1.83. The lowest BCUT2D eigenvalue weighted by Gasteiger charge is -2.34. The van der Waals surface area contributed by atoms with E-state index in [1.807, 2.05) is 29.0 Å². The second-order valence-electron chi connectivity index (χ2n) is 6.75. The van der Waals surface area contributed by atoms with Crippen LogP contribution in [0.5, 0.6) is 0 Å². The molecule has 4 heterocycles. The molecule has 0 bridgehead atoms. The molecule has 25 heavy (non-hydrogen) atoms. The summed E-state index contributed by atoms with van der Waals surface area (Å²) in [7, 11) is 2.18. The van der Waals surface area contributed by atoms with Crippen LogP contribution in [0.3, 0.4) is 0 Å². The van der Waals surface area contributed by atoms with Crippen molar-refractivity contribution in [3.05, 3.63) is 59.8 Å². The lowest BCUT2D eigenvalue weighted by atomic mass is 10.1. The summed E-state index contributed by atoms with van der Waals surface area (Å²) >= 11 is 0. The highest BCUT2D eigenvalue weighted by Crippen LogP contribution is 2.33. The van der Waals surface area contributed by atoms with Crippen molar-refractivity contribution < 1.29 is 0 Å². The molecule has 1 fully saturated rings. The van der Waals surface area contributed by atoms with Crippen molar-refractivity contribution in [3.63, 3.8) is 0 Å². The number of hydrogen-bond donors (Lipinski definition) is 0. The summed E-state index contributed by atoms with van der Waals surface area (Å²) in [5, 5.41) is 4.71. The highest BCUT2D eigenvalue weighted by molar-refractivity contribution is 5.83. The fourth-order valence-electron chi connectivity index (χ4n) is 3.63. The second-order valence-corrected chi connectivity index (χ2v) is 6.75. The topological polar surface area (TPSA) is 49.6 Å². The Kier molecular flexibility index (Phi) is 3.31. The summed E-state index contributed by atoms with van der Waals surface area (Å²) in [4.78, 5) is 13.8. The minimum atomic E-state index is 0.867. The van der Waals surface area contributed by atoms with Gasteiger partial charge in [-0.2, -0.15) is 5.10 Å². The van der Waals surface area contributed by atoms with E-state index in [4.69, 9.17) is 10.1 Å². The van der Waals surface area contributed by atoms with Crippen LogP contribution >= 0.6 is 0 Å². The Morgan fingerprint density at radius 2 is 1.92 bits per heavy atom. The van der Waals surface area contributed by atoms with Gasteiger partial charge in [-0.05, 0) is 25.2 Å². The minimum Gasteiger partial charge on any atom is -0.368 e. The molecule has 0 amide bonds. The third-order valence-corrected chi connectivity index (χ3v) is 5.15. The molecule has 0 radical (unpaired) electrons. The van der Waals surface area contributed by atoms with E-state index >= 15 is 0 Å². The predicted octanol–water partition coefficient (Wildman–Crippen LogP) is 1.86. The van der Waals surface area contributed by atoms with Crippen LogP contribution in [0.4, 0.5) is 5.69 Å². The molecule has 0 atom stereocenters. The summed E-state index contributed by atoms with van der Waals surface area (Å²) in [5.74, 6) is 0. The number of anilines is 1. The molecule has 5 rings (SSSR count). The molecule has 3 aromatic heterocycles. The third-order valence-electron chi connectivity index (χ3n) is 5.15. The van der Waals surface area contributed by atoms with Crippen molar-refractivity contribution in [1.82, 2.24) is 24.5 Å². The van der Waals surface area contributed by atoms with Crippen LogP contribution < -0.4 is 4.90 Å². The highest BCUT2D eigenvalue weighted by atomic mass is 15.3. The van der Waals surface area contributed by atoms with Crippen molar-refractivity contribution in [2.45, 2.75) is 6.42 Å². The molecule has 3 aromatic rings. The van der Waals surface area contributed by atoms with E-state index in [0.29, 0.717) is 0 Å². The molecule has 0 N–H and O–H groups in total. The monoisotopic (exact) mass is 332 g/mol. The number of imidazole rings is 1. The fraction of sp³-hybridized carbons (Fsp3) is 0.316. The van der Waals surface area contributed by atoms with Gasteiger partial charge in [0, 0.05) is 56.1 Å². The van der Waals surface area contributed by atoms with E-state index in [-0.39, 0.29) is 0 Å². The molecule has 6 heteroatoms. The average molecular weight is 332 g/mol. The average Bonchev–Trinajstić information content (AvgIpc) is 3.27. The van der Waals surface area contributed by atoms with E-state index in [2.05, 4.69) is 34.0 Å². The van der Waals surface area contributed by atoms with E-state index < -0.39 is 0 Å². The number of hydrogen-bond acceptors (Lipinski definition) is 5.